The standard InChI is InChI=1S/C15H15NO2S/c1-19-14-4-2-3-13(10-14)12-7-5-11(6-8-12)9-15(17)16-18/h2-8,10,18H,9H2,1H3,(H,16,17). The SMILES string of the molecule is CSc1cccc(-c2ccc(CC(=O)NO)cc2)c1. The minimum Gasteiger partial charge on any atom is -0.289 e. The summed E-state index contributed by atoms with van der Waals surface area (Å²) in [4.78, 5) is 12.3. The predicted octanol–water partition coefficient (Wildman–Crippen LogP) is 3.12. The van der Waals surface area contributed by atoms with Crippen molar-refractivity contribution >= 4 is 17.7 Å². The number of carbonyl (C=O) groups excluding carboxylic acids is 1. The van der Waals surface area contributed by atoms with Crippen LogP contribution in [0.15, 0.2) is 53.4 Å². The lowest BCUT2D eigenvalue weighted by Crippen LogP contribution is -2.20. The fourth-order valence-corrected chi connectivity index (χ4v) is 2.30. The van der Waals surface area contributed by atoms with Crippen LogP contribution in [0.5, 0.6) is 0 Å². The molecule has 4 heteroatoms. The van der Waals surface area contributed by atoms with E-state index in [2.05, 4.69) is 24.5 Å². The molecule has 0 aromatic heterocycles. The molecule has 0 bridgehead atoms. The van der Waals surface area contributed by atoms with Crippen molar-refractivity contribution in [3.8, 4) is 11.1 Å². The molecule has 0 heterocycles. The van der Waals surface area contributed by atoms with E-state index in [0.717, 1.165) is 16.7 Å². The van der Waals surface area contributed by atoms with Crippen LogP contribution in [0.25, 0.3) is 11.1 Å². The van der Waals surface area contributed by atoms with Crippen molar-refractivity contribution in [1.29, 1.82) is 0 Å². The highest BCUT2D eigenvalue weighted by Crippen LogP contribution is 2.24. The van der Waals surface area contributed by atoms with Gasteiger partial charge in [0.25, 0.3) is 0 Å². The molecule has 0 unspecified atom stereocenters. The number of amides is 1. The molecule has 3 nitrogen and oxygen atoms in total. The van der Waals surface area contributed by atoms with Crippen LogP contribution in [0.2, 0.25) is 0 Å². The Balaban J connectivity index is 2.19. The second kappa shape index (κ2) is 6.41. The topological polar surface area (TPSA) is 49.3 Å². The minimum atomic E-state index is -0.405. The zero-order valence-corrected chi connectivity index (χ0v) is 11.4. The van der Waals surface area contributed by atoms with E-state index < -0.39 is 5.91 Å². The summed E-state index contributed by atoms with van der Waals surface area (Å²) in [6, 6.07) is 16.1. The molecule has 0 radical (unpaired) electrons. The Hall–Kier alpha value is -1.78. The number of thioether (sulfide) groups is 1. The molecule has 0 saturated heterocycles. The van der Waals surface area contributed by atoms with E-state index in [-0.39, 0.29) is 6.42 Å². The first-order valence-corrected chi connectivity index (χ1v) is 7.11. The van der Waals surface area contributed by atoms with Crippen molar-refractivity contribution in [2.24, 2.45) is 0 Å². The molecule has 0 aliphatic heterocycles. The number of benzene rings is 2. The Morgan fingerprint density at radius 3 is 2.53 bits per heavy atom. The quantitative estimate of drug-likeness (QED) is 0.511. The molecule has 2 aromatic rings. The lowest BCUT2D eigenvalue weighted by molar-refractivity contribution is -0.128. The molecule has 0 aliphatic rings. The van der Waals surface area contributed by atoms with Crippen LogP contribution in [0.3, 0.4) is 0 Å². The van der Waals surface area contributed by atoms with E-state index in [9.17, 15) is 4.79 Å². The summed E-state index contributed by atoms with van der Waals surface area (Å²) in [7, 11) is 0. The van der Waals surface area contributed by atoms with Crippen molar-refractivity contribution in [2.45, 2.75) is 11.3 Å². The monoisotopic (exact) mass is 273 g/mol. The first kappa shape index (κ1) is 13.6. The largest absolute Gasteiger partial charge is 0.289 e. The van der Waals surface area contributed by atoms with E-state index in [1.165, 1.54) is 4.90 Å². The molecule has 2 aromatic carbocycles. The summed E-state index contributed by atoms with van der Waals surface area (Å²) in [5.74, 6) is -0.405. The highest BCUT2D eigenvalue weighted by atomic mass is 32.2. The molecule has 19 heavy (non-hydrogen) atoms. The number of hydroxylamine groups is 1. The van der Waals surface area contributed by atoms with Gasteiger partial charge in [0.2, 0.25) is 5.91 Å². The Morgan fingerprint density at radius 1 is 1.16 bits per heavy atom. The third-order valence-corrected chi connectivity index (χ3v) is 3.57. The fourth-order valence-electron chi connectivity index (χ4n) is 1.84. The molecule has 98 valence electrons. The molecule has 2 rings (SSSR count). The maximum atomic E-state index is 11.1. The Labute approximate surface area is 116 Å². The van der Waals surface area contributed by atoms with Crippen LogP contribution >= 0.6 is 11.8 Å². The summed E-state index contributed by atoms with van der Waals surface area (Å²) in [6.45, 7) is 0. The molecule has 0 spiro atoms. The van der Waals surface area contributed by atoms with Gasteiger partial charge in [-0.1, -0.05) is 36.4 Å². The zero-order chi connectivity index (χ0) is 13.7. The molecular weight excluding hydrogens is 258 g/mol. The summed E-state index contributed by atoms with van der Waals surface area (Å²) < 4.78 is 0. The zero-order valence-electron chi connectivity index (χ0n) is 10.6. The average Bonchev–Trinajstić information content (AvgIpc) is 2.48. The number of rotatable bonds is 4. The van der Waals surface area contributed by atoms with E-state index in [4.69, 9.17) is 5.21 Å². The van der Waals surface area contributed by atoms with Crippen molar-refractivity contribution in [3.63, 3.8) is 0 Å². The summed E-state index contributed by atoms with van der Waals surface area (Å²) >= 11 is 1.71. The smallest absolute Gasteiger partial charge is 0.247 e. The molecular formula is C15H15NO2S. The molecule has 0 atom stereocenters. The highest BCUT2D eigenvalue weighted by Gasteiger charge is 2.03. The van der Waals surface area contributed by atoms with Crippen LogP contribution in [0, 0.1) is 0 Å². The van der Waals surface area contributed by atoms with Gasteiger partial charge in [-0.05, 0) is 35.1 Å². The second-order valence-corrected chi connectivity index (χ2v) is 5.02. The first-order valence-electron chi connectivity index (χ1n) is 5.89. The molecule has 0 saturated carbocycles. The van der Waals surface area contributed by atoms with Gasteiger partial charge in [-0.15, -0.1) is 11.8 Å². The summed E-state index contributed by atoms with van der Waals surface area (Å²) in [6.07, 6.45) is 2.23. The Kier molecular flexibility index (Phi) is 4.60. The van der Waals surface area contributed by atoms with Crippen molar-refractivity contribution < 1.29 is 10.0 Å². The number of hydrogen-bond acceptors (Lipinski definition) is 3. The van der Waals surface area contributed by atoms with Gasteiger partial charge in [-0.25, -0.2) is 5.48 Å². The maximum Gasteiger partial charge on any atom is 0.247 e. The third-order valence-electron chi connectivity index (χ3n) is 2.85. The van der Waals surface area contributed by atoms with Crippen LogP contribution in [0.4, 0.5) is 0 Å². The number of carbonyl (C=O) groups is 1. The van der Waals surface area contributed by atoms with Gasteiger partial charge in [0.05, 0.1) is 6.42 Å². The van der Waals surface area contributed by atoms with E-state index in [1.807, 2.05) is 30.3 Å². The maximum absolute atomic E-state index is 11.1. The van der Waals surface area contributed by atoms with Crippen LogP contribution in [0.1, 0.15) is 5.56 Å². The number of nitrogens with one attached hydrogen (secondary N) is 1. The van der Waals surface area contributed by atoms with Gasteiger partial charge < -0.3 is 0 Å². The molecule has 2 N–H and O–H groups in total. The Morgan fingerprint density at radius 2 is 1.89 bits per heavy atom. The number of hydrogen-bond donors (Lipinski definition) is 2. The Bertz CT molecular complexity index is 567. The predicted molar refractivity (Wildman–Crippen MR) is 77.3 cm³/mol. The van der Waals surface area contributed by atoms with Gasteiger partial charge in [0.15, 0.2) is 0 Å². The minimum absolute atomic E-state index is 0.182. The molecule has 0 fully saturated rings. The van der Waals surface area contributed by atoms with Crippen molar-refractivity contribution in [2.75, 3.05) is 6.26 Å². The van der Waals surface area contributed by atoms with Gasteiger partial charge >= 0.3 is 0 Å². The van der Waals surface area contributed by atoms with Gasteiger partial charge in [-0.2, -0.15) is 0 Å². The van der Waals surface area contributed by atoms with Gasteiger partial charge in [-0.3, -0.25) is 10.0 Å². The lowest BCUT2D eigenvalue weighted by Gasteiger charge is -2.05. The second-order valence-electron chi connectivity index (χ2n) is 4.14. The average molecular weight is 273 g/mol. The van der Waals surface area contributed by atoms with Crippen LogP contribution in [-0.2, 0) is 11.2 Å². The highest BCUT2D eigenvalue weighted by molar-refractivity contribution is 7.98. The molecule has 1 amide bonds. The van der Waals surface area contributed by atoms with E-state index >= 15 is 0 Å². The van der Waals surface area contributed by atoms with E-state index in [0.29, 0.717) is 0 Å². The van der Waals surface area contributed by atoms with Gasteiger partial charge in [0.1, 0.15) is 0 Å². The normalized spacial score (nSPS) is 10.2. The van der Waals surface area contributed by atoms with Crippen molar-refractivity contribution in [3.05, 3.63) is 54.1 Å². The van der Waals surface area contributed by atoms with E-state index in [1.54, 1.807) is 17.2 Å². The van der Waals surface area contributed by atoms with Crippen LogP contribution in [-0.4, -0.2) is 17.4 Å². The summed E-state index contributed by atoms with van der Waals surface area (Å²) in [5, 5.41) is 8.48. The van der Waals surface area contributed by atoms with Gasteiger partial charge in [0, 0.05) is 4.90 Å². The molecule has 0 aliphatic carbocycles. The van der Waals surface area contributed by atoms with Crippen molar-refractivity contribution in [1.82, 2.24) is 5.48 Å². The fraction of sp³-hybridized carbons (Fsp3) is 0.133. The first-order chi connectivity index (χ1) is 9.22. The third kappa shape index (κ3) is 3.59. The lowest BCUT2D eigenvalue weighted by atomic mass is 10.0. The summed E-state index contributed by atoms with van der Waals surface area (Å²) in [5.41, 5.74) is 4.78. The van der Waals surface area contributed by atoms with Crippen LogP contribution < -0.4 is 5.48 Å².